The maximum Gasteiger partial charge on any atom is 0.338 e. The molecular formula is C19H16Cl2N2O4. The summed E-state index contributed by atoms with van der Waals surface area (Å²) in [6.45, 7) is 1.29. The van der Waals surface area contributed by atoms with Crippen molar-refractivity contribution in [2.24, 2.45) is 0 Å². The zero-order chi connectivity index (χ0) is 19.6. The second-order valence-corrected chi connectivity index (χ2v) is 6.99. The topological polar surface area (TPSA) is 75.7 Å². The number of halogens is 2. The van der Waals surface area contributed by atoms with Gasteiger partial charge in [-0.2, -0.15) is 0 Å². The highest BCUT2D eigenvalue weighted by atomic mass is 35.5. The predicted molar refractivity (Wildman–Crippen MR) is 103 cm³/mol. The molecule has 0 aromatic heterocycles. The molecule has 140 valence electrons. The van der Waals surface area contributed by atoms with Crippen molar-refractivity contribution < 1.29 is 19.1 Å². The molecule has 0 unspecified atom stereocenters. The Morgan fingerprint density at radius 2 is 1.85 bits per heavy atom. The fraction of sp³-hybridized carbons (Fsp3) is 0.211. The molecule has 1 aliphatic rings. The van der Waals surface area contributed by atoms with Crippen molar-refractivity contribution in [3.63, 3.8) is 0 Å². The average molecular weight is 407 g/mol. The second-order valence-electron chi connectivity index (χ2n) is 6.12. The lowest BCUT2D eigenvalue weighted by molar-refractivity contribution is -0.122. The van der Waals surface area contributed by atoms with E-state index in [9.17, 15) is 14.4 Å². The van der Waals surface area contributed by atoms with Crippen molar-refractivity contribution in [1.29, 1.82) is 0 Å². The standard InChI is InChI=1S/C19H16Cl2N2O4/c1-11-6-17(24)22-15-4-2-3-5-16(15)23(11)18(25)10-27-19(26)12-7-13(20)9-14(21)8-12/h2-5,7-9,11H,6,10H2,1H3,(H,22,24)/t11-/m1/s1. The van der Waals surface area contributed by atoms with Crippen LogP contribution in [0, 0.1) is 0 Å². The smallest absolute Gasteiger partial charge is 0.338 e. The number of esters is 1. The zero-order valence-corrected chi connectivity index (χ0v) is 15.9. The molecule has 0 spiro atoms. The van der Waals surface area contributed by atoms with E-state index in [1.54, 1.807) is 31.2 Å². The van der Waals surface area contributed by atoms with Gasteiger partial charge in [0.05, 0.1) is 16.9 Å². The number of hydrogen-bond acceptors (Lipinski definition) is 4. The summed E-state index contributed by atoms with van der Waals surface area (Å²) in [6, 6.07) is 10.9. The van der Waals surface area contributed by atoms with Gasteiger partial charge < -0.3 is 15.0 Å². The highest BCUT2D eigenvalue weighted by molar-refractivity contribution is 6.35. The molecule has 1 atom stereocenters. The molecule has 2 amide bonds. The number of anilines is 2. The van der Waals surface area contributed by atoms with Crippen LogP contribution in [0.4, 0.5) is 11.4 Å². The number of para-hydroxylation sites is 2. The minimum atomic E-state index is -0.710. The van der Waals surface area contributed by atoms with Crippen molar-refractivity contribution in [3.8, 4) is 0 Å². The molecule has 0 bridgehead atoms. The summed E-state index contributed by atoms with van der Waals surface area (Å²) in [5.74, 6) is -1.33. The number of carbonyl (C=O) groups is 3. The van der Waals surface area contributed by atoms with Gasteiger partial charge in [0.15, 0.2) is 6.61 Å². The number of ether oxygens (including phenoxy) is 1. The van der Waals surface area contributed by atoms with Gasteiger partial charge in [0.1, 0.15) is 0 Å². The van der Waals surface area contributed by atoms with Crippen LogP contribution in [-0.2, 0) is 14.3 Å². The number of fused-ring (bicyclic) bond motifs is 1. The third-order valence-corrected chi connectivity index (χ3v) is 4.49. The van der Waals surface area contributed by atoms with Crippen molar-refractivity contribution in [3.05, 3.63) is 58.1 Å². The lowest BCUT2D eigenvalue weighted by Crippen LogP contribution is -2.41. The Hall–Kier alpha value is -2.57. The molecule has 1 N–H and O–H groups in total. The third kappa shape index (κ3) is 4.40. The molecule has 0 saturated carbocycles. The Morgan fingerprint density at radius 3 is 2.56 bits per heavy atom. The Labute approximate surface area is 166 Å². The molecule has 0 radical (unpaired) electrons. The molecule has 0 aliphatic carbocycles. The molecule has 0 saturated heterocycles. The molecule has 2 aromatic carbocycles. The molecule has 0 fully saturated rings. The van der Waals surface area contributed by atoms with Crippen molar-refractivity contribution >= 4 is 52.4 Å². The van der Waals surface area contributed by atoms with Gasteiger partial charge in [0, 0.05) is 22.5 Å². The number of nitrogens with one attached hydrogen (secondary N) is 1. The van der Waals surface area contributed by atoms with Crippen molar-refractivity contribution in [2.75, 3.05) is 16.8 Å². The Balaban J connectivity index is 1.77. The van der Waals surface area contributed by atoms with Gasteiger partial charge >= 0.3 is 5.97 Å². The average Bonchev–Trinajstić information content (AvgIpc) is 2.72. The molecule has 2 aromatic rings. The number of hydrogen-bond donors (Lipinski definition) is 1. The first-order valence-corrected chi connectivity index (χ1v) is 8.95. The quantitative estimate of drug-likeness (QED) is 0.783. The Bertz CT molecular complexity index is 896. The number of carbonyl (C=O) groups excluding carboxylic acids is 3. The van der Waals surface area contributed by atoms with E-state index in [1.165, 1.54) is 23.1 Å². The number of amides is 2. The summed E-state index contributed by atoms with van der Waals surface area (Å²) >= 11 is 11.8. The minimum Gasteiger partial charge on any atom is -0.452 e. The second kappa shape index (κ2) is 7.98. The van der Waals surface area contributed by atoms with E-state index in [-0.39, 0.29) is 23.9 Å². The van der Waals surface area contributed by atoms with Gasteiger partial charge in [0.25, 0.3) is 5.91 Å². The van der Waals surface area contributed by atoms with E-state index in [1.807, 2.05) is 0 Å². The third-order valence-electron chi connectivity index (χ3n) is 4.05. The van der Waals surface area contributed by atoms with Crippen LogP contribution in [0.25, 0.3) is 0 Å². The normalized spacial score (nSPS) is 16.2. The Morgan fingerprint density at radius 1 is 1.19 bits per heavy atom. The lowest BCUT2D eigenvalue weighted by Gasteiger charge is -2.27. The molecule has 1 heterocycles. The van der Waals surface area contributed by atoms with E-state index in [2.05, 4.69) is 5.32 Å². The van der Waals surface area contributed by atoms with Crippen molar-refractivity contribution in [1.82, 2.24) is 0 Å². The number of benzene rings is 2. The largest absolute Gasteiger partial charge is 0.452 e. The van der Waals surface area contributed by atoms with E-state index >= 15 is 0 Å². The van der Waals surface area contributed by atoms with Crippen molar-refractivity contribution in [2.45, 2.75) is 19.4 Å². The first kappa shape index (κ1) is 19.2. The van der Waals surface area contributed by atoms with Crippen LogP contribution >= 0.6 is 23.2 Å². The van der Waals surface area contributed by atoms with Crippen LogP contribution in [0.1, 0.15) is 23.7 Å². The first-order chi connectivity index (χ1) is 12.8. The van der Waals surface area contributed by atoms with Gasteiger partial charge in [-0.15, -0.1) is 0 Å². The summed E-state index contributed by atoms with van der Waals surface area (Å²) in [5, 5.41) is 3.36. The van der Waals surface area contributed by atoms with Crippen LogP contribution < -0.4 is 10.2 Å². The van der Waals surface area contributed by atoms with Gasteiger partial charge in [0.2, 0.25) is 5.91 Å². The van der Waals surface area contributed by atoms with Crippen LogP contribution in [0.5, 0.6) is 0 Å². The fourth-order valence-corrected chi connectivity index (χ4v) is 3.45. The van der Waals surface area contributed by atoms with Gasteiger partial charge in [-0.05, 0) is 37.3 Å². The highest BCUT2D eigenvalue weighted by Crippen LogP contribution is 2.31. The summed E-state index contributed by atoms with van der Waals surface area (Å²) < 4.78 is 5.13. The summed E-state index contributed by atoms with van der Waals surface area (Å²) in [6.07, 6.45) is 0.137. The first-order valence-electron chi connectivity index (χ1n) is 8.19. The molecule has 8 heteroatoms. The van der Waals surface area contributed by atoms with Crippen LogP contribution in [0.15, 0.2) is 42.5 Å². The van der Waals surface area contributed by atoms with E-state index in [4.69, 9.17) is 27.9 Å². The SMILES string of the molecule is C[C@@H]1CC(=O)Nc2ccccc2N1C(=O)COC(=O)c1cc(Cl)cc(Cl)c1. The summed E-state index contributed by atoms with van der Waals surface area (Å²) in [7, 11) is 0. The number of rotatable bonds is 3. The van der Waals surface area contributed by atoms with E-state index < -0.39 is 18.5 Å². The lowest BCUT2D eigenvalue weighted by atomic mass is 10.1. The van der Waals surface area contributed by atoms with Gasteiger partial charge in [-0.25, -0.2) is 4.79 Å². The molecular weight excluding hydrogens is 391 g/mol. The predicted octanol–water partition coefficient (Wildman–Crippen LogP) is 3.91. The Kier molecular flexibility index (Phi) is 5.68. The van der Waals surface area contributed by atoms with E-state index in [0.29, 0.717) is 21.4 Å². The fourth-order valence-electron chi connectivity index (χ4n) is 2.92. The van der Waals surface area contributed by atoms with Gasteiger partial charge in [-0.3, -0.25) is 9.59 Å². The van der Waals surface area contributed by atoms with E-state index in [0.717, 1.165) is 0 Å². The van der Waals surface area contributed by atoms with Crippen LogP contribution in [-0.4, -0.2) is 30.4 Å². The van der Waals surface area contributed by atoms with Crippen LogP contribution in [0.2, 0.25) is 10.0 Å². The maximum atomic E-state index is 12.8. The zero-order valence-electron chi connectivity index (χ0n) is 14.4. The molecule has 27 heavy (non-hydrogen) atoms. The van der Waals surface area contributed by atoms with Crippen LogP contribution in [0.3, 0.4) is 0 Å². The molecule has 6 nitrogen and oxygen atoms in total. The minimum absolute atomic E-state index is 0.137. The maximum absolute atomic E-state index is 12.8. The highest BCUT2D eigenvalue weighted by Gasteiger charge is 2.30. The molecule has 1 aliphatic heterocycles. The monoisotopic (exact) mass is 406 g/mol. The summed E-state index contributed by atoms with van der Waals surface area (Å²) in [5.41, 5.74) is 1.25. The molecule has 3 rings (SSSR count). The number of nitrogens with zero attached hydrogens (tertiary/aromatic N) is 1. The summed E-state index contributed by atoms with van der Waals surface area (Å²) in [4.78, 5) is 38.4. The van der Waals surface area contributed by atoms with Gasteiger partial charge in [-0.1, -0.05) is 35.3 Å².